The topological polar surface area (TPSA) is 73.2 Å². The van der Waals surface area contributed by atoms with Crippen molar-refractivity contribution in [3.05, 3.63) is 126 Å². The number of carbonyl (C=O) groups is 2. The van der Waals surface area contributed by atoms with Crippen molar-refractivity contribution in [1.29, 1.82) is 0 Å². The van der Waals surface area contributed by atoms with E-state index in [1.54, 1.807) is 28.9 Å². The molecule has 1 N–H and O–H groups in total. The first kappa shape index (κ1) is 23.9. The van der Waals surface area contributed by atoms with Crippen molar-refractivity contribution < 1.29 is 14.3 Å². The van der Waals surface area contributed by atoms with Crippen LogP contribution in [-0.2, 0) is 26.1 Å². The summed E-state index contributed by atoms with van der Waals surface area (Å²) in [4.78, 5) is 29.4. The van der Waals surface area contributed by atoms with E-state index >= 15 is 0 Å². The van der Waals surface area contributed by atoms with Gasteiger partial charge in [-0.25, -0.2) is 4.98 Å². The fourth-order valence-corrected chi connectivity index (χ4v) is 6.54. The van der Waals surface area contributed by atoms with Crippen molar-refractivity contribution in [3.63, 3.8) is 0 Å². The van der Waals surface area contributed by atoms with Crippen molar-refractivity contribution in [2.24, 2.45) is 13.0 Å². The van der Waals surface area contributed by atoms with E-state index in [4.69, 9.17) is 4.74 Å². The maximum Gasteiger partial charge on any atom is 0.303 e. The lowest BCUT2D eigenvalue weighted by molar-refractivity contribution is -0.156. The Bertz CT molecular complexity index is 1250. The molecule has 1 aliphatic rings. The average molecular weight is 498 g/mol. The third-order valence-corrected chi connectivity index (χ3v) is 8.12. The van der Waals surface area contributed by atoms with Gasteiger partial charge in [0.2, 0.25) is 5.91 Å². The van der Waals surface area contributed by atoms with Crippen LogP contribution in [0.1, 0.15) is 35.4 Å². The number of nitrogens with zero attached hydrogens (tertiary/aromatic N) is 2. The monoisotopic (exact) mass is 497 g/mol. The quantitative estimate of drug-likeness (QED) is 0.215. The van der Waals surface area contributed by atoms with Crippen molar-refractivity contribution in [2.75, 3.05) is 0 Å². The zero-order chi connectivity index (χ0) is 25.1. The Morgan fingerprint density at radius 2 is 1.44 bits per heavy atom. The van der Waals surface area contributed by atoms with Gasteiger partial charge in [0.25, 0.3) is 0 Å². The van der Waals surface area contributed by atoms with Gasteiger partial charge in [0, 0.05) is 20.2 Å². The lowest BCUT2D eigenvalue weighted by Gasteiger charge is -2.46. The molecule has 3 unspecified atom stereocenters. The SMILES string of the molecule is CC(=O)OC(c1cn(C)cn1)C1C(=O)NC1SC(c1ccccc1)(c1ccccc1)c1ccccc1. The molecule has 36 heavy (non-hydrogen) atoms. The first-order chi connectivity index (χ1) is 17.5. The average Bonchev–Trinajstić information content (AvgIpc) is 3.33. The van der Waals surface area contributed by atoms with E-state index in [9.17, 15) is 9.59 Å². The second kappa shape index (κ2) is 10.0. The number of hydrogen-bond acceptors (Lipinski definition) is 5. The van der Waals surface area contributed by atoms with Crippen LogP contribution in [0.5, 0.6) is 0 Å². The van der Waals surface area contributed by atoms with E-state index < -0.39 is 22.7 Å². The number of imidazole rings is 1. The van der Waals surface area contributed by atoms with Gasteiger partial charge in [-0.15, -0.1) is 11.8 Å². The Morgan fingerprint density at radius 1 is 0.944 bits per heavy atom. The highest BCUT2D eigenvalue weighted by Gasteiger charge is 2.52. The second-order valence-corrected chi connectivity index (χ2v) is 10.2. The zero-order valence-electron chi connectivity index (χ0n) is 20.1. The van der Waals surface area contributed by atoms with E-state index in [-0.39, 0.29) is 11.3 Å². The minimum absolute atomic E-state index is 0.160. The number of rotatable bonds is 8. The largest absolute Gasteiger partial charge is 0.455 e. The summed E-state index contributed by atoms with van der Waals surface area (Å²) >= 11 is 1.65. The molecule has 0 aliphatic carbocycles. The van der Waals surface area contributed by atoms with Gasteiger partial charge < -0.3 is 14.6 Å². The summed E-state index contributed by atoms with van der Waals surface area (Å²) in [6.07, 6.45) is 2.65. The molecule has 1 saturated heterocycles. The number of amides is 1. The highest BCUT2D eigenvalue weighted by atomic mass is 32.2. The molecule has 182 valence electrons. The first-order valence-electron chi connectivity index (χ1n) is 11.8. The number of β-lactam (4-membered cyclic amide) rings is 1. The second-order valence-electron chi connectivity index (χ2n) is 8.85. The van der Waals surface area contributed by atoms with Crippen LogP contribution >= 0.6 is 11.8 Å². The molecule has 0 bridgehead atoms. The molecule has 1 amide bonds. The minimum atomic E-state index is -0.782. The summed E-state index contributed by atoms with van der Waals surface area (Å²) in [6, 6.07) is 30.9. The van der Waals surface area contributed by atoms with Crippen LogP contribution < -0.4 is 5.32 Å². The number of nitrogens with one attached hydrogen (secondary N) is 1. The maximum absolute atomic E-state index is 13.0. The standard InChI is InChI=1S/C29H27N3O3S/c1-20(33)35-26(24-18-32(2)19-30-24)25-27(34)31-28(25)36-29(21-12-6-3-7-13-21,22-14-8-4-9-15-22)23-16-10-5-11-17-23/h3-19,25-26,28H,1-2H3,(H,31,34). The number of carbonyl (C=O) groups excluding carboxylic acids is 2. The Kier molecular flexibility index (Phi) is 6.65. The van der Waals surface area contributed by atoms with Crippen LogP contribution in [0.4, 0.5) is 0 Å². The fourth-order valence-electron chi connectivity index (χ4n) is 4.76. The summed E-state index contributed by atoms with van der Waals surface area (Å²) < 4.78 is 6.86. The van der Waals surface area contributed by atoms with E-state index in [0.29, 0.717) is 5.69 Å². The minimum Gasteiger partial charge on any atom is -0.455 e. The van der Waals surface area contributed by atoms with Gasteiger partial charge in [-0.2, -0.15) is 0 Å². The molecule has 1 aromatic heterocycles. The van der Waals surface area contributed by atoms with Crippen molar-refractivity contribution >= 4 is 23.6 Å². The van der Waals surface area contributed by atoms with E-state index in [0.717, 1.165) is 16.7 Å². The highest BCUT2D eigenvalue weighted by molar-refractivity contribution is 8.01. The van der Waals surface area contributed by atoms with Crippen molar-refractivity contribution in [1.82, 2.24) is 14.9 Å². The van der Waals surface area contributed by atoms with E-state index in [1.165, 1.54) is 6.92 Å². The molecule has 4 aromatic rings. The molecule has 0 radical (unpaired) electrons. The van der Waals surface area contributed by atoms with E-state index in [1.807, 2.05) is 61.6 Å². The third-order valence-electron chi connectivity index (χ3n) is 6.39. The van der Waals surface area contributed by atoms with Crippen LogP contribution in [0.3, 0.4) is 0 Å². The number of benzene rings is 3. The summed E-state index contributed by atoms with van der Waals surface area (Å²) in [5.74, 6) is -1.20. The number of esters is 1. The molecular formula is C29H27N3O3S. The van der Waals surface area contributed by atoms with Gasteiger partial charge in [0.05, 0.1) is 22.1 Å². The molecule has 1 fully saturated rings. The molecule has 3 atom stereocenters. The number of ether oxygens (including phenoxy) is 1. The molecule has 3 aromatic carbocycles. The fraction of sp³-hybridized carbons (Fsp3) is 0.207. The molecule has 0 spiro atoms. The number of thioether (sulfide) groups is 1. The Balaban J connectivity index is 1.63. The van der Waals surface area contributed by atoms with Crippen LogP contribution in [0, 0.1) is 5.92 Å². The van der Waals surface area contributed by atoms with Crippen LogP contribution in [0.25, 0.3) is 0 Å². The number of aromatic nitrogens is 2. The van der Waals surface area contributed by atoms with Crippen LogP contribution in [0.15, 0.2) is 104 Å². The van der Waals surface area contributed by atoms with Gasteiger partial charge in [0.15, 0.2) is 6.10 Å². The predicted molar refractivity (Wildman–Crippen MR) is 140 cm³/mol. The predicted octanol–water partition coefficient (Wildman–Crippen LogP) is 4.82. The van der Waals surface area contributed by atoms with Gasteiger partial charge >= 0.3 is 5.97 Å². The normalized spacial score (nSPS) is 18.1. The molecule has 1 aliphatic heterocycles. The Morgan fingerprint density at radius 3 is 1.83 bits per heavy atom. The molecule has 7 heteroatoms. The lowest BCUT2D eigenvalue weighted by Crippen LogP contribution is -2.60. The van der Waals surface area contributed by atoms with Crippen LogP contribution in [0.2, 0.25) is 0 Å². The molecule has 6 nitrogen and oxygen atoms in total. The van der Waals surface area contributed by atoms with Crippen molar-refractivity contribution in [3.8, 4) is 0 Å². The summed E-state index contributed by atoms with van der Waals surface area (Å²) in [5.41, 5.74) is 3.83. The maximum atomic E-state index is 13.0. The van der Waals surface area contributed by atoms with Crippen molar-refractivity contribution in [2.45, 2.75) is 23.1 Å². The van der Waals surface area contributed by atoms with Gasteiger partial charge in [-0.1, -0.05) is 91.0 Å². The molecular weight excluding hydrogens is 470 g/mol. The number of hydrogen-bond donors (Lipinski definition) is 1. The number of aryl methyl sites for hydroxylation is 1. The summed E-state index contributed by atoms with van der Waals surface area (Å²) in [5, 5.41) is 2.76. The van der Waals surface area contributed by atoms with Gasteiger partial charge in [-0.05, 0) is 16.7 Å². The van der Waals surface area contributed by atoms with E-state index in [2.05, 4.69) is 46.7 Å². The van der Waals surface area contributed by atoms with Gasteiger partial charge in [-0.3, -0.25) is 9.59 Å². The van der Waals surface area contributed by atoms with Gasteiger partial charge in [0.1, 0.15) is 5.92 Å². The Hall–Kier alpha value is -3.84. The smallest absolute Gasteiger partial charge is 0.303 e. The summed E-state index contributed by atoms with van der Waals surface area (Å²) in [7, 11) is 1.85. The lowest BCUT2D eigenvalue weighted by atomic mass is 9.84. The molecule has 5 rings (SSSR count). The summed E-state index contributed by atoms with van der Waals surface area (Å²) in [6.45, 7) is 1.36. The third kappa shape index (κ3) is 4.42. The molecule has 2 heterocycles. The highest BCUT2D eigenvalue weighted by Crippen LogP contribution is 2.53. The zero-order valence-corrected chi connectivity index (χ0v) is 20.9. The Labute approximate surface area is 214 Å². The first-order valence-corrected chi connectivity index (χ1v) is 12.7. The van der Waals surface area contributed by atoms with Crippen LogP contribution in [-0.4, -0.2) is 26.8 Å². The molecule has 0 saturated carbocycles.